The van der Waals surface area contributed by atoms with Gasteiger partial charge in [-0.25, -0.2) is 0 Å². The van der Waals surface area contributed by atoms with Gasteiger partial charge in [0.2, 0.25) is 0 Å². The Morgan fingerprint density at radius 2 is 1.86 bits per heavy atom. The minimum atomic E-state index is -0.477. The normalized spacial score (nSPS) is 9.95. The van der Waals surface area contributed by atoms with Crippen molar-refractivity contribution in [2.24, 2.45) is 5.73 Å². The quantitative estimate of drug-likeness (QED) is 0.755. The molecule has 0 aromatic heterocycles. The number of benzene rings is 2. The lowest BCUT2D eigenvalue weighted by molar-refractivity contribution is 0.102. The predicted octanol–water partition coefficient (Wildman–Crippen LogP) is 2.29. The number of carbonyl (C=O) groups is 1. The number of thiocarbonyl (C=S) groups is 1. The SMILES string of the molecule is COc1cccc(C(N)=S)c1NC(=O)c1ccccc1O. The van der Waals surface area contributed by atoms with Gasteiger partial charge in [0.1, 0.15) is 16.5 Å². The molecule has 0 atom stereocenters. The van der Waals surface area contributed by atoms with E-state index in [1.165, 1.54) is 19.2 Å². The first-order valence-corrected chi connectivity index (χ1v) is 6.51. The van der Waals surface area contributed by atoms with Crippen molar-refractivity contribution in [3.8, 4) is 11.5 Å². The minimum absolute atomic E-state index is 0.109. The monoisotopic (exact) mass is 302 g/mol. The summed E-state index contributed by atoms with van der Waals surface area (Å²) in [5, 5.41) is 12.4. The molecule has 2 rings (SSSR count). The number of methoxy groups -OCH3 is 1. The summed E-state index contributed by atoms with van der Waals surface area (Å²) in [5.41, 5.74) is 6.68. The van der Waals surface area contributed by atoms with Crippen LogP contribution in [0.5, 0.6) is 11.5 Å². The number of para-hydroxylation sites is 2. The van der Waals surface area contributed by atoms with Crippen molar-refractivity contribution >= 4 is 28.8 Å². The highest BCUT2D eigenvalue weighted by Gasteiger charge is 2.16. The van der Waals surface area contributed by atoms with Crippen LogP contribution in [0.15, 0.2) is 42.5 Å². The molecule has 2 aromatic rings. The standard InChI is InChI=1S/C15H14N2O3S/c1-20-12-8-4-6-10(14(16)21)13(12)17-15(19)9-5-2-3-7-11(9)18/h2-8,18H,1H3,(H2,16,21)(H,17,19). The molecule has 0 spiro atoms. The number of aromatic hydroxyl groups is 1. The van der Waals surface area contributed by atoms with Crippen molar-refractivity contribution in [2.75, 3.05) is 12.4 Å². The van der Waals surface area contributed by atoms with Crippen LogP contribution >= 0.6 is 12.2 Å². The highest BCUT2D eigenvalue weighted by atomic mass is 32.1. The number of phenolic OH excluding ortho intramolecular Hbond substituents is 1. The summed E-state index contributed by atoms with van der Waals surface area (Å²) in [6, 6.07) is 11.3. The number of rotatable bonds is 4. The van der Waals surface area contributed by atoms with Gasteiger partial charge in [-0.05, 0) is 24.3 Å². The summed E-state index contributed by atoms with van der Waals surface area (Å²) in [7, 11) is 1.48. The van der Waals surface area contributed by atoms with Gasteiger partial charge in [-0.1, -0.05) is 30.4 Å². The van der Waals surface area contributed by atoms with Crippen LogP contribution in [0, 0.1) is 0 Å². The first-order chi connectivity index (χ1) is 10.0. The summed E-state index contributed by atoms with van der Waals surface area (Å²) >= 11 is 4.97. The molecule has 4 N–H and O–H groups in total. The number of nitrogens with two attached hydrogens (primary N) is 1. The Labute approximate surface area is 127 Å². The zero-order chi connectivity index (χ0) is 15.4. The number of phenols is 1. The van der Waals surface area contributed by atoms with Crippen LogP contribution in [0.25, 0.3) is 0 Å². The second-order valence-electron chi connectivity index (χ2n) is 4.22. The molecular formula is C15H14N2O3S. The maximum atomic E-state index is 12.3. The highest BCUT2D eigenvalue weighted by molar-refractivity contribution is 7.80. The largest absolute Gasteiger partial charge is 0.507 e. The first kappa shape index (κ1) is 14.8. The molecule has 21 heavy (non-hydrogen) atoms. The van der Waals surface area contributed by atoms with Crippen molar-refractivity contribution in [1.29, 1.82) is 0 Å². The second-order valence-corrected chi connectivity index (χ2v) is 4.66. The molecule has 0 aliphatic rings. The van der Waals surface area contributed by atoms with Crippen LogP contribution in [-0.2, 0) is 0 Å². The Morgan fingerprint density at radius 3 is 2.48 bits per heavy atom. The molecule has 0 bridgehead atoms. The molecule has 0 radical (unpaired) electrons. The Hall–Kier alpha value is -2.60. The summed E-state index contributed by atoms with van der Waals surface area (Å²) in [5.74, 6) is -0.152. The van der Waals surface area contributed by atoms with Crippen molar-refractivity contribution in [3.63, 3.8) is 0 Å². The van der Waals surface area contributed by atoms with Crippen LogP contribution in [-0.4, -0.2) is 23.1 Å². The van der Waals surface area contributed by atoms with Crippen molar-refractivity contribution in [1.82, 2.24) is 0 Å². The lowest BCUT2D eigenvalue weighted by Gasteiger charge is -2.14. The second kappa shape index (κ2) is 6.23. The van der Waals surface area contributed by atoms with E-state index < -0.39 is 5.91 Å². The molecular weight excluding hydrogens is 288 g/mol. The van der Waals surface area contributed by atoms with E-state index in [0.29, 0.717) is 17.0 Å². The molecule has 0 unspecified atom stereocenters. The molecule has 0 heterocycles. The van der Waals surface area contributed by atoms with Crippen LogP contribution in [0.2, 0.25) is 0 Å². The summed E-state index contributed by atoms with van der Waals surface area (Å²) in [6.45, 7) is 0. The van der Waals surface area contributed by atoms with Gasteiger partial charge in [0.05, 0.1) is 18.4 Å². The Morgan fingerprint density at radius 1 is 1.19 bits per heavy atom. The fraction of sp³-hybridized carbons (Fsp3) is 0.0667. The molecule has 6 heteroatoms. The molecule has 0 fully saturated rings. The maximum Gasteiger partial charge on any atom is 0.259 e. The topological polar surface area (TPSA) is 84.6 Å². The number of amides is 1. The average molecular weight is 302 g/mol. The lowest BCUT2D eigenvalue weighted by atomic mass is 10.1. The molecule has 108 valence electrons. The van der Waals surface area contributed by atoms with Gasteiger partial charge in [0, 0.05) is 5.56 Å². The van der Waals surface area contributed by atoms with Crippen molar-refractivity contribution in [3.05, 3.63) is 53.6 Å². The van der Waals surface area contributed by atoms with Gasteiger partial charge >= 0.3 is 0 Å². The van der Waals surface area contributed by atoms with Gasteiger partial charge in [-0.2, -0.15) is 0 Å². The third-order valence-corrected chi connectivity index (χ3v) is 3.12. The fourth-order valence-electron chi connectivity index (χ4n) is 1.88. The molecule has 0 saturated heterocycles. The van der Waals surface area contributed by atoms with Crippen LogP contribution in [0.4, 0.5) is 5.69 Å². The number of nitrogens with one attached hydrogen (secondary N) is 1. The van der Waals surface area contributed by atoms with Gasteiger partial charge < -0.3 is 20.9 Å². The molecule has 0 saturated carbocycles. The fourth-order valence-corrected chi connectivity index (χ4v) is 2.05. The van der Waals surface area contributed by atoms with Crippen LogP contribution in [0.1, 0.15) is 15.9 Å². The Kier molecular flexibility index (Phi) is 4.39. The van der Waals surface area contributed by atoms with E-state index in [2.05, 4.69) is 5.32 Å². The van der Waals surface area contributed by atoms with E-state index >= 15 is 0 Å². The molecule has 0 aliphatic heterocycles. The van der Waals surface area contributed by atoms with Crippen LogP contribution < -0.4 is 15.8 Å². The molecule has 2 aromatic carbocycles. The Bertz CT molecular complexity index is 701. The van der Waals surface area contributed by atoms with Crippen molar-refractivity contribution in [2.45, 2.75) is 0 Å². The highest BCUT2D eigenvalue weighted by Crippen LogP contribution is 2.29. The third kappa shape index (κ3) is 3.11. The number of carbonyl (C=O) groups excluding carboxylic acids is 1. The smallest absolute Gasteiger partial charge is 0.259 e. The zero-order valence-electron chi connectivity index (χ0n) is 11.3. The van der Waals surface area contributed by atoms with Gasteiger partial charge in [-0.15, -0.1) is 0 Å². The van der Waals surface area contributed by atoms with E-state index in [1.807, 2.05) is 0 Å². The first-order valence-electron chi connectivity index (χ1n) is 6.10. The molecule has 1 amide bonds. The Balaban J connectivity index is 2.41. The van der Waals surface area contributed by atoms with E-state index in [0.717, 1.165) is 0 Å². The number of hydrogen-bond acceptors (Lipinski definition) is 4. The van der Waals surface area contributed by atoms with E-state index in [-0.39, 0.29) is 16.3 Å². The molecule has 5 nitrogen and oxygen atoms in total. The van der Waals surface area contributed by atoms with Gasteiger partial charge in [-0.3, -0.25) is 4.79 Å². The van der Waals surface area contributed by atoms with Gasteiger partial charge in [0.25, 0.3) is 5.91 Å². The van der Waals surface area contributed by atoms with Crippen LogP contribution in [0.3, 0.4) is 0 Å². The maximum absolute atomic E-state index is 12.3. The van der Waals surface area contributed by atoms with Gasteiger partial charge in [0.15, 0.2) is 0 Å². The van der Waals surface area contributed by atoms with E-state index in [4.69, 9.17) is 22.7 Å². The third-order valence-electron chi connectivity index (χ3n) is 2.90. The number of anilines is 1. The lowest BCUT2D eigenvalue weighted by Crippen LogP contribution is -2.18. The van der Waals surface area contributed by atoms with E-state index in [1.54, 1.807) is 30.3 Å². The molecule has 0 aliphatic carbocycles. The minimum Gasteiger partial charge on any atom is -0.507 e. The van der Waals surface area contributed by atoms with Crippen molar-refractivity contribution < 1.29 is 14.6 Å². The average Bonchev–Trinajstić information content (AvgIpc) is 2.47. The number of hydrogen-bond donors (Lipinski definition) is 3. The predicted molar refractivity (Wildman–Crippen MR) is 84.9 cm³/mol. The van der Waals surface area contributed by atoms with E-state index in [9.17, 15) is 9.90 Å². The summed E-state index contributed by atoms with van der Waals surface area (Å²) in [4.78, 5) is 12.4. The number of ether oxygens (including phenoxy) is 1. The zero-order valence-corrected chi connectivity index (χ0v) is 12.1. The summed E-state index contributed by atoms with van der Waals surface area (Å²) in [6.07, 6.45) is 0. The summed E-state index contributed by atoms with van der Waals surface area (Å²) < 4.78 is 5.21.